The highest BCUT2D eigenvalue weighted by atomic mass is 32.1. The number of rotatable bonds is 4. The van der Waals surface area contributed by atoms with Gasteiger partial charge >= 0.3 is 6.61 Å². The van der Waals surface area contributed by atoms with Crippen LogP contribution in [0.15, 0.2) is 17.0 Å². The van der Waals surface area contributed by atoms with E-state index in [2.05, 4.69) is 17.4 Å². The van der Waals surface area contributed by atoms with Crippen molar-refractivity contribution in [3.63, 3.8) is 0 Å². The minimum absolute atomic E-state index is 0.0341. The third-order valence-electron chi connectivity index (χ3n) is 1.63. The van der Waals surface area contributed by atoms with Crippen LogP contribution in [0.2, 0.25) is 0 Å². The zero-order valence-electron chi connectivity index (χ0n) is 7.31. The van der Waals surface area contributed by atoms with Crippen molar-refractivity contribution in [1.29, 1.82) is 0 Å². The molecule has 0 aromatic heterocycles. The molecule has 1 rings (SSSR count). The third kappa shape index (κ3) is 2.76. The lowest BCUT2D eigenvalue weighted by molar-refractivity contribution is -0.0500. The molecule has 0 heterocycles. The van der Waals surface area contributed by atoms with Gasteiger partial charge in [0.05, 0.1) is 0 Å². The van der Waals surface area contributed by atoms with E-state index < -0.39 is 6.61 Å². The highest BCUT2D eigenvalue weighted by Crippen LogP contribution is 2.24. The first-order valence-corrected chi connectivity index (χ1v) is 4.25. The first kappa shape index (κ1) is 11.6. The topological polar surface area (TPSA) is 43.4 Å². The van der Waals surface area contributed by atoms with Crippen molar-refractivity contribution in [2.45, 2.75) is 11.5 Å². The maximum absolute atomic E-state index is 11.9. The van der Waals surface area contributed by atoms with Crippen molar-refractivity contribution in [3.8, 4) is 5.75 Å². The first-order valence-electron chi connectivity index (χ1n) is 3.80. The fourth-order valence-corrected chi connectivity index (χ4v) is 1.34. The van der Waals surface area contributed by atoms with E-state index in [9.17, 15) is 18.4 Å². The van der Waals surface area contributed by atoms with Gasteiger partial charge in [0.1, 0.15) is 5.75 Å². The Balaban J connectivity index is 3.19. The van der Waals surface area contributed by atoms with Crippen LogP contribution in [-0.4, -0.2) is 19.2 Å². The largest absolute Gasteiger partial charge is 0.435 e. The van der Waals surface area contributed by atoms with Crippen molar-refractivity contribution in [1.82, 2.24) is 0 Å². The van der Waals surface area contributed by atoms with Crippen LogP contribution in [0.1, 0.15) is 20.7 Å². The zero-order chi connectivity index (χ0) is 11.4. The van der Waals surface area contributed by atoms with Crippen LogP contribution in [0.4, 0.5) is 8.78 Å². The van der Waals surface area contributed by atoms with Crippen LogP contribution in [-0.2, 0) is 0 Å². The molecule has 6 heteroatoms. The number of hydrogen-bond donors (Lipinski definition) is 1. The molecule has 0 amide bonds. The average Bonchev–Trinajstić information content (AvgIpc) is 2.15. The number of aldehydes is 2. The van der Waals surface area contributed by atoms with E-state index in [1.807, 2.05) is 0 Å². The van der Waals surface area contributed by atoms with E-state index in [4.69, 9.17) is 0 Å². The number of halogens is 2. The summed E-state index contributed by atoms with van der Waals surface area (Å²) in [5.41, 5.74) is 0.0168. The van der Waals surface area contributed by atoms with Gasteiger partial charge in [0.2, 0.25) is 0 Å². The van der Waals surface area contributed by atoms with Crippen LogP contribution in [0.25, 0.3) is 0 Å². The van der Waals surface area contributed by atoms with Crippen molar-refractivity contribution in [2.24, 2.45) is 0 Å². The van der Waals surface area contributed by atoms with Crippen molar-refractivity contribution >= 4 is 25.2 Å². The SMILES string of the molecule is O=Cc1cc(OC(F)F)cc(S)c1C=O. The molecule has 1 aromatic carbocycles. The van der Waals surface area contributed by atoms with Gasteiger partial charge in [0.25, 0.3) is 0 Å². The van der Waals surface area contributed by atoms with E-state index in [-0.39, 0.29) is 21.8 Å². The molecule has 15 heavy (non-hydrogen) atoms. The highest BCUT2D eigenvalue weighted by Gasteiger charge is 2.11. The summed E-state index contributed by atoms with van der Waals surface area (Å²) >= 11 is 3.88. The number of benzene rings is 1. The molecule has 0 saturated heterocycles. The predicted molar refractivity (Wildman–Crippen MR) is 51.1 cm³/mol. The predicted octanol–water partition coefficient (Wildman–Crippen LogP) is 2.20. The molecule has 0 spiro atoms. The van der Waals surface area contributed by atoms with Crippen LogP contribution >= 0.6 is 12.6 Å². The fourth-order valence-electron chi connectivity index (χ4n) is 1.03. The molecule has 80 valence electrons. The molecule has 0 radical (unpaired) electrons. The molecule has 1 aromatic rings. The van der Waals surface area contributed by atoms with Crippen molar-refractivity contribution in [3.05, 3.63) is 23.3 Å². The molecule has 0 N–H and O–H groups in total. The monoisotopic (exact) mass is 232 g/mol. The second-order valence-electron chi connectivity index (χ2n) is 2.56. The number of alkyl halides is 2. The molecular formula is C9H6F2O3S. The number of thiol groups is 1. The summed E-state index contributed by atoms with van der Waals surface area (Å²) in [6.07, 6.45) is 0.806. The van der Waals surface area contributed by atoms with Gasteiger partial charge < -0.3 is 4.74 Å². The molecule has 0 fully saturated rings. The lowest BCUT2D eigenvalue weighted by Gasteiger charge is -2.07. The van der Waals surface area contributed by atoms with Crippen molar-refractivity contribution in [2.75, 3.05) is 0 Å². The summed E-state index contributed by atoms with van der Waals surface area (Å²) in [6.45, 7) is -2.99. The highest BCUT2D eigenvalue weighted by molar-refractivity contribution is 7.80. The Bertz CT molecular complexity index is 393. The maximum atomic E-state index is 11.9. The van der Waals surface area contributed by atoms with Gasteiger partial charge in [-0.05, 0) is 12.1 Å². The smallest absolute Gasteiger partial charge is 0.387 e. The molecule has 0 aliphatic carbocycles. The second kappa shape index (κ2) is 4.88. The normalized spacial score (nSPS) is 10.1. The molecule has 0 bridgehead atoms. The molecular weight excluding hydrogens is 226 g/mol. The summed E-state index contributed by atoms with van der Waals surface area (Å²) in [4.78, 5) is 21.2. The van der Waals surface area contributed by atoms with Gasteiger partial charge in [-0.2, -0.15) is 8.78 Å². The van der Waals surface area contributed by atoms with E-state index in [1.54, 1.807) is 0 Å². The van der Waals surface area contributed by atoms with Gasteiger partial charge in [-0.3, -0.25) is 9.59 Å². The van der Waals surface area contributed by atoms with E-state index in [0.717, 1.165) is 12.1 Å². The zero-order valence-corrected chi connectivity index (χ0v) is 8.21. The first-order chi connectivity index (χ1) is 7.08. The third-order valence-corrected chi connectivity index (χ3v) is 2.00. The van der Waals surface area contributed by atoms with Gasteiger partial charge in [-0.15, -0.1) is 12.6 Å². The molecule has 0 atom stereocenters. The number of carbonyl (C=O) groups is 2. The second-order valence-corrected chi connectivity index (χ2v) is 3.04. The Kier molecular flexibility index (Phi) is 3.79. The Morgan fingerprint density at radius 3 is 2.40 bits per heavy atom. The quantitative estimate of drug-likeness (QED) is 0.639. The van der Waals surface area contributed by atoms with Crippen molar-refractivity contribution < 1.29 is 23.1 Å². The average molecular weight is 232 g/mol. The summed E-state index contributed by atoms with van der Waals surface area (Å²) in [5, 5.41) is 0. The molecule has 0 aliphatic rings. The van der Waals surface area contributed by atoms with Crippen LogP contribution in [0, 0.1) is 0 Å². The Morgan fingerprint density at radius 1 is 1.27 bits per heavy atom. The fraction of sp³-hybridized carbons (Fsp3) is 0.111. The molecule has 0 aliphatic heterocycles. The number of hydrogen-bond acceptors (Lipinski definition) is 4. The lowest BCUT2D eigenvalue weighted by atomic mass is 10.1. The summed E-state index contributed by atoms with van der Waals surface area (Å²) in [5.74, 6) is -0.206. The number of carbonyl (C=O) groups excluding carboxylic acids is 2. The molecule has 0 saturated carbocycles. The number of ether oxygens (including phenoxy) is 1. The summed E-state index contributed by atoms with van der Waals surface area (Å²) in [6, 6.07) is 2.20. The molecule has 0 unspecified atom stereocenters. The minimum Gasteiger partial charge on any atom is -0.435 e. The van der Waals surface area contributed by atoms with E-state index in [0.29, 0.717) is 12.6 Å². The lowest BCUT2D eigenvalue weighted by Crippen LogP contribution is -2.03. The van der Waals surface area contributed by atoms with Crippen LogP contribution in [0.5, 0.6) is 5.75 Å². The van der Waals surface area contributed by atoms with Gasteiger partial charge in [0, 0.05) is 16.0 Å². The maximum Gasteiger partial charge on any atom is 0.387 e. The van der Waals surface area contributed by atoms with Gasteiger partial charge in [0.15, 0.2) is 12.6 Å². The van der Waals surface area contributed by atoms with E-state index in [1.165, 1.54) is 0 Å². The van der Waals surface area contributed by atoms with E-state index >= 15 is 0 Å². The van der Waals surface area contributed by atoms with Gasteiger partial charge in [-0.25, -0.2) is 0 Å². The standard InChI is InChI=1S/C9H6F2O3S/c10-9(11)14-6-1-5(3-12)7(4-13)8(15)2-6/h1-4,9,15H. The Hall–Kier alpha value is -1.43. The van der Waals surface area contributed by atoms with Crippen LogP contribution < -0.4 is 4.74 Å². The summed E-state index contributed by atoms with van der Waals surface area (Å²) in [7, 11) is 0. The molecule has 3 nitrogen and oxygen atoms in total. The van der Waals surface area contributed by atoms with Crippen LogP contribution in [0.3, 0.4) is 0 Å². The Labute approximate surface area is 89.4 Å². The minimum atomic E-state index is -2.99. The van der Waals surface area contributed by atoms with Gasteiger partial charge in [-0.1, -0.05) is 0 Å². The summed E-state index contributed by atoms with van der Waals surface area (Å²) < 4.78 is 27.8. The Morgan fingerprint density at radius 2 is 1.93 bits per heavy atom.